The molecule has 8 N–H and O–H groups in total. The highest BCUT2D eigenvalue weighted by Crippen LogP contribution is 2.46. The molecule has 344 valence electrons. The number of phenols is 8. The zero-order chi connectivity index (χ0) is 48.0. The fraction of sp³-hybridized carbons (Fsp3) is 0.269. The molecule has 4 atom stereocenters. The number of aromatic hydroxyl groups is 8. The van der Waals surface area contributed by atoms with E-state index in [1.165, 1.54) is 39.4 Å². The van der Waals surface area contributed by atoms with Crippen LogP contribution >= 0.6 is 0 Å². The molecule has 0 saturated heterocycles. The molecule has 66 heavy (non-hydrogen) atoms. The Hall–Kier alpha value is -7.74. The molecule has 0 bridgehead atoms. The van der Waals surface area contributed by atoms with Crippen molar-refractivity contribution in [3.8, 4) is 57.5 Å². The van der Waals surface area contributed by atoms with Gasteiger partial charge in [0, 0.05) is 41.7 Å². The Morgan fingerprint density at radius 2 is 0.864 bits per heavy atom. The molecule has 0 aromatic heterocycles. The van der Waals surface area contributed by atoms with Gasteiger partial charge in [-0.25, -0.2) is 9.59 Å². The highest BCUT2D eigenvalue weighted by molar-refractivity contribution is 5.91. The summed E-state index contributed by atoms with van der Waals surface area (Å²) in [4.78, 5) is 26.0. The number of phenolic OH excluding ortho intramolecular Hbond substituents is 8. The van der Waals surface area contributed by atoms with E-state index in [0.29, 0.717) is 12.0 Å². The summed E-state index contributed by atoms with van der Waals surface area (Å²) in [5, 5.41) is 78.2. The number of hydrogen-bond donors (Lipinski definition) is 8. The molecular formula is C52H52O14. The van der Waals surface area contributed by atoms with Crippen LogP contribution < -0.4 is 9.47 Å². The van der Waals surface area contributed by atoms with Crippen LogP contribution in [0.4, 0.5) is 0 Å². The number of rotatable bonds is 6. The van der Waals surface area contributed by atoms with E-state index in [9.17, 15) is 50.4 Å². The molecule has 0 aliphatic carbocycles. The minimum Gasteiger partial charge on any atom is -0.508 e. The molecule has 0 spiro atoms. The second-order valence-electron chi connectivity index (χ2n) is 17.2. The van der Waals surface area contributed by atoms with Crippen molar-refractivity contribution in [1.82, 2.24) is 0 Å². The van der Waals surface area contributed by atoms with Gasteiger partial charge in [-0.15, -0.1) is 0 Å². The lowest BCUT2D eigenvalue weighted by Gasteiger charge is -2.35. The average Bonchev–Trinajstić information content (AvgIpc) is 3.25. The molecule has 2 aliphatic heterocycles. The second kappa shape index (κ2) is 18.0. The average molecular weight is 901 g/mol. The van der Waals surface area contributed by atoms with Crippen molar-refractivity contribution in [2.75, 3.05) is 0 Å². The Morgan fingerprint density at radius 1 is 0.455 bits per heavy atom. The van der Waals surface area contributed by atoms with Crippen LogP contribution in [0.5, 0.6) is 57.5 Å². The lowest BCUT2D eigenvalue weighted by atomic mass is 9.89. The first kappa shape index (κ1) is 46.3. The molecule has 14 heteroatoms. The van der Waals surface area contributed by atoms with E-state index in [1.54, 1.807) is 0 Å². The van der Waals surface area contributed by atoms with Gasteiger partial charge in [0.15, 0.2) is 46.7 Å². The fourth-order valence-electron chi connectivity index (χ4n) is 8.38. The Balaban J connectivity index is 0.000000196. The van der Waals surface area contributed by atoms with Crippen LogP contribution in [0, 0.1) is 55.4 Å². The van der Waals surface area contributed by atoms with E-state index >= 15 is 0 Å². The molecule has 6 aromatic rings. The topological polar surface area (TPSA) is 233 Å². The number of carbonyl (C=O) groups is 2. The van der Waals surface area contributed by atoms with Gasteiger partial charge in [-0.1, -0.05) is 18.2 Å². The first-order valence-electron chi connectivity index (χ1n) is 21.2. The summed E-state index contributed by atoms with van der Waals surface area (Å²) in [6, 6.07) is 18.6. The molecule has 0 amide bonds. The monoisotopic (exact) mass is 900 g/mol. The van der Waals surface area contributed by atoms with Crippen molar-refractivity contribution in [3.63, 3.8) is 0 Å². The van der Waals surface area contributed by atoms with Gasteiger partial charge < -0.3 is 59.8 Å². The fourth-order valence-corrected chi connectivity index (χ4v) is 8.38. The minimum atomic E-state index is -1.18. The van der Waals surface area contributed by atoms with Gasteiger partial charge >= 0.3 is 11.9 Å². The molecule has 0 unspecified atom stereocenters. The van der Waals surface area contributed by atoms with Crippen molar-refractivity contribution in [2.24, 2.45) is 0 Å². The standard InChI is InChI=1S/C30H34O3.C22H18O11/c1-16-9-21(6)26-15-28(33-30(31)25-13-19(4)23(8)20(5)14-25)29(32-27(26)10-16)24-11-17(2)22(7)18(3)12-24;23-10-5-12(24)11-7-18(33-22(31)9-3-15(27)20(30)16(28)4-9)21(32-17(11)6-10)8-1-13(25)19(29)14(26)2-8/h9-14,28-29H,15H2,1-8H3;1-6,18,21,23-30H,7H2/t28-,29-;18-,21-/m11/s1. The van der Waals surface area contributed by atoms with Crippen LogP contribution in [0.3, 0.4) is 0 Å². The zero-order valence-corrected chi connectivity index (χ0v) is 37.7. The zero-order valence-electron chi connectivity index (χ0n) is 37.7. The second-order valence-corrected chi connectivity index (χ2v) is 17.2. The van der Waals surface area contributed by atoms with Crippen LogP contribution in [0.2, 0.25) is 0 Å². The summed E-state index contributed by atoms with van der Waals surface area (Å²) in [5.41, 5.74) is 12.2. The third kappa shape index (κ3) is 9.25. The molecule has 14 nitrogen and oxygen atoms in total. The first-order chi connectivity index (χ1) is 31.1. The molecule has 8 rings (SSSR count). The molecule has 0 radical (unpaired) electrons. The number of ether oxygens (including phenoxy) is 4. The SMILES string of the molecule is Cc1cc(C)c2c(c1)O[C@H](c1cc(C)c(C)c(C)c1)[C@H](OC(=O)c1cc(C)c(C)c(C)c1)C2.O=C(O[C@@H]1Cc2c(O)cc(O)cc2O[C@@H]1c1cc(O)c(O)c(O)c1)c1cc(O)c(O)c(O)c1. The maximum absolute atomic E-state index is 13.3. The normalized spacial score (nSPS) is 17.2. The third-order valence-electron chi connectivity index (χ3n) is 12.4. The summed E-state index contributed by atoms with van der Waals surface area (Å²) in [5.74, 6) is -5.47. The van der Waals surface area contributed by atoms with Crippen molar-refractivity contribution in [2.45, 2.75) is 92.6 Å². The summed E-state index contributed by atoms with van der Waals surface area (Å²) in [6.45, 7) is 16.7. The lowest BCUT2D eigenvalue weighted by molar-refractivity contribution is -0.0191. The molecule has 0 fully saturated rings. The Labute approximate surface area is 381 Å². The van der Waals surface area contributed by atoms with Gasteiger partial charge in [0.1, 0.15) is 35.2 Å². The minimum absolute atomic E-state index is 0.0526. The van der Waals surface area contributed by atoms with Crippen LogP contribution in [0.1, 0.15) is 99.7 Å². The van der Waals surface area contributed by atoms with E-state index in [4.69, 9.17) is 18.9 Å². The summed E-state index contributed by atoms with van der Waals surface area (Å²) in [6.07, 6.45) is -2.62. The molecule has 0 saturated carbocycles. The van der Waals surface area contributed by atoms with Crippen LogP contribution in [-0.2, 0) is 22.3 Å². The summed E-state index contributed by atoms with van der Waals surface area (Å²) < 4.78 is 24.0. The number of benzene rings is 6. The van der Waals surface area contributed by atoms with Gasteiger partial charge in [-0.2, -0.15) is 0 Å². The van der Waals surface area contributed by atoms with Gasteiger partial charge in [-0.05, 0) is 148 Å². The van der Waals surface area contributed by atoms with Crippen LogP contribution in [-0.4, -0.2) is 65.0 Å². The first-order valence-corrected chi connectivity index (χ1v) is 21.2. The maximum Gasteiger partial charge on any atom is 0.338 e. The predicted molar refractivity (Wildman–Crippen MR) is 242 cm³/mol. The highest BCUT2D eigenvalue weighted by atomic mass is 16.6. The van der Waals surface area contributed by atoms with Gasteiger partial charge in [0.2, 0.25) is 0 Å². The largest absolute Gasteiger partial charge is 0.508 e. The van der Waals surface area contributed by atoms with Crippen molar-refractivity contribution < 1.29 is 69.4 Å². The molecule has 2 aliphatic rings. The summed E-state index contributed by atoms with van der Waals surface area (Å²) >= 11 is 0. The predicted octanol–water partition coefficient (Wildman–Crippen LogP) is 9.29. The molecule has 6 aromatic carbocycles. The van der Waals surface area contributed by atoms with Gasteiger partial charge in [0.05, 0.1) is 11.1 Å². The van der Waals surface area contributed by atoms with Crippen molar-refractivity contribution >= 4 is 11.9 Å². The quantitative estimate of drug-likeness (QED) is 0.0575. The van der Waals surface area contributed by atoms with Gasteiger partial charge in [-0.3, -0.25) is 0 Å². The Bertz CT molecular complexity index is 2630. The van der Waals surface area contributed by atoms with Crippen molar-refractivity contribution in [3.05, 3.63) is 151 Å². The van der Waals surface area contributed by atoms with E-state index < -0.39 is 58.8 Å². The maximum atomic E-state index is 13.3. The highest BCUT2D eigenvalue weighted by Gasteiger charge is 2.38. The van der Waals surface area contributed by atoms with E-state index in [2.05, 4.69) is 65.8 Å². The smallest absolute Gasteiger partial charge is 0.338 e. The number of fused-ring (bicyclic) bond motifs is 2. The van der Waals surface area contributed by atoms with E-state index in [0.717, 1.165) is 58.3 Å². The van der Waals surface area contributed by atoms with Crippen molar-refractivity contribution in [1.29, 1.82) is 0 Å². The van der Waals surface area contributed by atoms with Gasteiger partial charge in [0.25, 0.3) is 0 Å². The van der Waals surface area contributed by atoms with E-state index in [-0.39, 0.29) is 52.4 Å². The number of hydrogen-bond acceptors (Lipinski definition) is 14. The van der Waals surface area contributed by atoms with Crippen LogP contribution in [0.25, 0.3) is 0 Å². The number of carbonyl (C=O) groups excluding carboxylic acids is 2. The third-order valence-corrected chi connectivity index (χ3v) is 12.4. The van der Waals surface area contributed by atoms with Crippen LogP contribution in [0.15, 0.2) is 72.8 Å². The number of esters is 2. The number of aryl methyl sites for hydroxylation is 6. The summed E-state index contributed by atoms with van der Waals surface area (Å²) in [7, 11) is 0. The molecule has 2 heterocycles. The molecular weight excluding hydrogens is 849 g/mol. The Kier molecular flexibility index (Phi) is 12.6. The lowest BCUT2D eigenvalue weighted by Crippen LogP contribution is -2.35. The Morgan fingerprint density at radius 3 is 1.36 bits per heavy atom. The van der Waals surface area contributed by atoms with E-state index in [1.807, 2.05) is 26.0 Å².